The number of benzene rings is 1. The van der Waals surface area contributed by atoms with Gasteiger partial charge in [0.25, 0.3) is 5.56 Å². The summed E-state index contributed by atoms with van der Waals surface area (Å²) in [5, 5.41) is 3.11. The van der Waals surface area contributed by atoms with Crippen LogP contribution in [0.1, 0.15) is 30.9 Å². The maximum atomic E-state index is 12.9. The molecule has 0 aliphatic rings. The number of carbonyl (C=O) groups excluding carboxylic acids is 1. The third-order valence-corrected chi connectivity index (χ3v) is 4.91. The summed E-state index contributed by atoms with van der Waals surface area (Å²) in [6, 6.07) is 7.20. The van der Waals surface area contributed by atoms with Crippen molar-refractivity contribution in [3.05, 3.63) is 62.4 Å². The first-order valence-corrected chi connectivity index (χ1v) is 9.26. The van der Waals surface area contributed by atoms with Crippen LogP contribution in [0.15, 0.2) is 40.1 Å². The van der Waals surface area contributed by atoms with Crippen molar-refractivity contribution in [1.29, 1.82) is 0 Å². The van der Waals surface area contributed by atoms with Crippen molar-refractivity contribution in [2.24, 2.45) is 14.1 Å². The average Bonchev–Trinajstić information content (AvgIpc) is 2.70. The van der Waals surface area contributed by atoms with E-state index in [1.807, 2.05) is 26.0 Å². The fourth-order valence-electron chi connectivity index (χ4n) is 3.23. The number of hydrogen-bond acceptors (Lipinski definition) is 5. The Labute approximate surface area is 167 Å². The first kappa shape index (κ1) is 20.3. The Balaban J connectivity index is 2.08. The van der Waals surface area contributed by atoms with Crippen LogP contribution in [0.2, 0.25) is 0 Å². The number of anilines is 1. The summed E-state index contributed by atoms with van der Waals surface area (Å²) in [5.41, 5.74) is 1.23. The van der Waals surface area contributed by atoms with Crippen LogP contribution in [0, 0.1) is 0 Å². The number of aryl methyl sites for hydroxylation is 1. The van der Waals surface area contributed by atoms with Gasteiger partial charge >= 0.3 is 5.69 Å². The van der Waals surface area contributed by atoms with Gasteiger partial charge < -0.3 is 10.1 Å². The van der Waals surface area contributed by atoms with Crippen molar-refractivity contribution in [1.82, 2.24) is 14.1 Å². The maximum Gasteiger partial charge on any atom is 0.332 e. The number of aromatic nitrogens is 3. The van der Waals surface area contributed by atoms with Crippen LogP contribution in [-0.2, 0) is 25.3 Å². The van der Waals surface area contributed by atoms with E-state index in [0.717, 1.165) is 15.7 Å². The van der Waals surface area contributed by atoms with E-state index in [4.69, 9.17) is 4.74 Å². The zero-order valence-electron chi connectivity index (χ0n) is 17.1. The van der Waals surface area contributed by atoms with Gasteiger partial charge in [-0.15, -0.1) is 0 Å². The van der Waals surface area contributed by atoms with E-state index in [1.165, 1.54) is 11.6 Å². The molecule has 29 heavy (non-hydrogen) atoms. The van der Waals surface area contributed by atoms with Crippen LogP contribution in [0.5, 0.6) is 5.75 Å². The smallest absolute Gasteiger partial charge is 0.332 e. The monoisotopic (exact) mass is 396 g/mol. The molecule has 0 aliphatic heterocycles. The number of amides is 1. The summed E-state index contributed by atoms with van der Waals surface area (Å²) >= 11 is 0. The topological polar surface area (TPSA) is 95.2 Å². The van der Waals surface area contributed by atoms with Gasteiger partial charge in [0.2, 0.25) is 5.91 Å². The molecule has 2 heterocycles. The zero-order valence-corrected chi connectivity index (χ0v) is 17.1. The standard InChI is InChI=1S/C21H24N4O4/c1-12(2)15-11-22-19-17(20(27)25(4)21(28)24(19)3)18(15)23-16(26)10-13-6-8-14(29-5)9-7-13/h6-9,11-12H,10H2,1-5H3,(H,22,23,26). The number of fused-ring (bicyclic) bond motifs is 1. The first-order valence-electron chi connectivity index (χ1n) is 9.26. The molecule has 0 atom stereocenters. The molecule has 0 aliphatic carbocycles. The highest BCUT2D eigenvalue weighted by atomic mass is 16.5. The third-order valence-electron chi connectivity index (χ3n) is 4.91. The molecular formula is C21H24N4O4. The summed E-state index contributed by atoms with van der Waals surface area (Å²) in [4.78, 5) is 42.2. The van der Waals surface area contributed by atoms with E-state index in [-0.39, 0.29) is 29.3 Å². The van der Waals surface area contributed by atoms with Crippen LogP contribution >= 0.6 is 0 Å². The Bertz CT molecular complexity index is 1190. The lowest BCUT2D eigenvalue weighted by Gasteiger charge is -2.17. The number of rotatable bonds is 5. The Morgan fingerprint density at radius 2 is 1.79 bits per heavy atom. The molecule has 1 aromatic carbocycles. The Hall–Kier alpha value is -3.42. The molecule has 8 heteroatoms. The number of hydrogen-bond donors (Lipinski definition) is 1. The van der Waals surface area contributed by atoms with Crippen LogP contribution in [0.3, 0.4) is 0 Å². The molecule has 0 radical (unpaired) electrons. The lowest BCUT2D eigenvalue weighted by atomic mass is 10.0. The summed E-state index contributed by atoms with van der Waals surface area (Å²) in [5.74, 6) is 0.464. The fourth-order valence-corrected chi connectivity index (χ4v) is 3.23. The van der Waals surface area contributed by atoms with Crippen LogP contribution in [0.25, 0.3) is 11.0 Å². The van der Waals surface area contributed by atoms with Crippen LogP contribution in [0.4, 0.5) is 5.69 Å². The van der Waals surface area contributed by atoms with Gasteiger partial charge in [-0.25, -0.2) is 9.78 Å². The van der Waals surface area contributed by atoms with Gasteiger partial charge in [-0.05, 0) is 29.2 Å². The molecular weight excluding hydrogens is 372 g/mol. The minimum Gasteiger partial charge on any atom is -0.497 e. The van der Waals surface area contributed by atoms with E-state index >= 15 is 0 Å². The molecule has 8 nitrogen and oxygen atoms in total. The molecule has 3 aromatic rings. The highest BCUT2D eigenvalue weighted by Crippen LogP contribution is 2.28. The SMILES string of the molecule is COc1ccc(CC(=O)Nc2c(C(C)C)cnc3c2c(=O)n(C)c(=O)n3C)cc1. The largest absolute Gasteiger partial charge is 0.497 e. The summed E-state index contributed by atoms with van der Waals surface area (Å²) in [6.45, 7) is 3.91. The summed E-state index contributed by atoms with van der Waals surface area (Å²) < 4.78 is 7.46. The van der Waals surface area contributed by atoms with E-state index < -0.39 is 11.2 Å². The van der Waals surface area contributed by atoms with Gasteiger partial charge in [-0.3, -0.25) is 18.7 Å². The summed E-state index contributed by atoms with van der Waals surface area (Å²) in [7, 11) is 4.54. The predicted molar refractivity (Wildman–Crippen MR) is 112 cm³/mol. The fraction of sp³-hybridized carbons (Fsp3) is 0.333. The number of ether oxygens (including phenoxy) is 1. The highest BCUT2D eigenvalue weighted by molar-refractivity contribution is 6.01. The minimum absolute atomic E-state index is 0.0186. The molecule has 1 amide bonds. The van der Waals surface area contributed by atoms with Gasteiger partial charge in [-0.2, -0.15) is 0 Å². The minimum atomic E-state index is -0.488. The van der Waals surface area contributed by atoms with Crippen molar-refractivity contribution < 1.29 is 9.53 Å². The van der Waals surface area contributed by atoms with Gasteiger partial charge in [0.15, 0.2) is 5.65 Å². The second-order valence-electron chi connectivity index (χ2n) is 7.22. The summed E-state index contributed by atoms with van der Waals surface area (Å²) in [6.07, 6.45) is 1.74. The average molecular weight is 396 g/mol. The lowest BCUT2D eigenvalue weighted by molar-refractivity contribution is -0.115. The molecule has 152 valence electrons. The first-order chi connectivity index (χ1) is 13.7. The van der Waals surface area contributed by atoms with Crippen LogP contribution in [-0.4, -0.2) is 27.1 Å². The molecule has 2 aromatic heterocycles. The van der Waals surface area contributed by atoms with Crippen molar-refractivity contribution in [3.63, 3.8) is 0 Å². The molecule has 0 saturated carbocycles. The van der Waals surface area contributed by atoms with E-state index in [9.17, 15) is 14.4 Å². The predicted octanol–water partition coefficient (Wildman–Crippen LogP) is 1.95. The quantitative estimate of drug-likeness (QED) is 0.711. The Morgan fingerprint density at radius 3 is 2.38 bits per heavy atom. The van der Waals surface area contributed by atoms with E-state index in [2.05, 4.69) is 10.3 Å². The van der Waals surface area contributed by atoms with Crippen molar-refractivity contribution in [2.45, 2.75) is 26.2 Å². The third kappa shape index (κ3) is 3.78. The number of pyridine rings is 1. The maximum absolute atomic E-state index is 12.9. The van der Waals surface area contributed by atoms with Crippen LogP contribution < -0.4 is 21.3 Å². The second kappa shape index (κ2) is 7.90. The Morgan fingerprint density at radius 1 is 1.14 bits per heavy atom. The van der Waals surface area contributed by atoms with E-state index in [0.29, 0.717) is 11.4 Å². The second-order valence-corrected chi connectivity index (χ2v) is 7.22. The molecule has 0 bridgehead atoms. The number of methoxy groups -OCH3 is 1. The van der Waals surface area contributed by atoms with Gasteiger partial charge in [0.05, 0.1) is 19.2 Å². The molecule has 0 saturated heterocycles. The number of nitrogens with one attached hydrogen (secondary N) is 1. The van der Waals surface area contributed by atoms with Gasteiger partial charge in [-0.1, -0.05) is 26.0 Å². The number of carbonyl (C=O) groups is 1. The number of nitrogens with zero attached hydrogens (tertiary/aromatic N) is 3. The molecule has 3 rings (SSSR count). The van der Waals surface area contributed by atoms with Gasteiger partial charge in [0, 0.05) is 20.3 Å². The zero-order chi connectivity index (χ0) is 21.3. The molecule has 0 spiro atoms. The van der Waals surface area contributed by atoms with Gasteiger partial charge in [0.1, 0.15) is 11.1 Å². The van der Waals surface area contributed by atoms with Crippen molar-refractivity contribution in [3.8, 4) is 5.75 Å². The molecule has 1 N–H and O–H groups in total. The highest BCUT2D eigenvalue weighted by Gasteiger charge is 2.20. The normalized spacial score (nSPS) is 11.1. The van der Waals surface area contributed by atoms with Crippen molar-refractivity contribution >= 4 is 22.6 Å². The van der Waals surface area contributed by atoms with E-state index in [1.54, 1.807) is 32.5 Å². The molecule has 0 fully saturated rings. The van der Waals surface area contributed by atoms with Crippen molar-refractivity contribution in [2.75, 3.05) is 12.4 Å². The molecule has 0 unspecified atom stereocenters. The lowest BCUT2D eigenvalue weighted by Crippen LogP contribution is -2.38. The Kier molecular flexibility index (Phi) is 5.54.